The van der Waals surface area contributed by atoms with E-state index in [0.29, 0.717) is 42.8 Å². The minimum Gasteiger partial charge on any atom is -0.379 e. The lowest BCUT2D eigenvalue weighted by Gasteiger charge is -2.42. The molecule has 3 fully saturated rings. The van der Waals surface area contributed by atoms with Crippen molar-refractivity contribution in [3.63, 3.8) is 0 Å². The van der Waals surface area contributed by atoms with Crippen molar-refractivity contribution in [2.45, 2.75) is 56.8 Å². The van der Waals surface area contributed by atoms with Gasteiger partial charge < -0.3 is 14.2 Å². The molecule has 0 unspecified atom stereocenters. The van der Waals surface area contributed by atoms with Crippen molar-refractivity contribution in [2.24, 2.45) is 12.5 Å². The molecule has 4 aliphatic rings. The van der Waals surface area contributed by atoms with Crippen LogP contribution < -0.4 is 4.90 Å². The number of carbonyl (C=O) groups is 1. The van der Waals surface area contributed by atoms with Gasteiger partial charge in [0.1, 0.15) is 12.2 Å². The average molecular weight is 552 g/mol. The number of hydrogen-bond acceptors (Lipinski definition) is 5. The maximum Gasteiger partial charge on any atom is 0.416 e. The molecule has 0 radical (unpaired) electrons. The van der Waals surface area contributed by atoms with Crippen molar-refractivity contribution in [1.82, 2.24) is 19.7 Å². The molecule has 1 spiro atoms. The number of anilines is 1. The van der Waals surface area contributed by atoms with Crippen LogP contribution >= 0.6 is 0 Å². The molecule has 1 aliphatic carbocycles. The maximum atomic E-state index is 14.3. The molecule has 10 heteroatoms. The van der Waals surface area contributed by atoms with Gasteiger partial charge in [-0.05, 0) is 78.6 Å². The Bertz CT molecular complexity index is 1470. The molecule has 0 atom stereocenters. The number of nitrogens with zero attached hydrogens (tertiary/aromatic N) is 5. The van der Waals surface area contributed by atoms with Crippen molar-refractivity contribution in [3.8, 4) is 0 Å². The summed E-state index contributed by atoms with van der Waals surface area (Å²) in [7, 11) is 1.89. The average Bonchev–Trinajstić information content (AvgIpc) is 3.36. The fourth-order valence-corrected chi connectivity index (χ4v) is 6.80. The van der Waals surface area contributed by atoms with Gasteiger partial charge in [-0.2, -0.15) is 13.2 Å². The maximum absolute atomic E-state index is 14.3. The summed E-state index contributed by atoms with van der Waals surface area (Å²) in [6.45, 7) is 3.14. The van der Waals surface area contributed by atoms with E-state index in [1.165, 1.54) is 30.2 Å². The predicted molar refractivity (Wildman–Crippen MR) is 142 cm³/mol. The quantitative estimate of drug-likeness (QED) is 0.437. The summed E-state index contributed by atoms with van der Waals surface area (Å²) in [6.07, 6.45) is 2.42. The van der Waals surface area contributed by atoms with Gasteiger partial charge in [-0.1, -0.05) is 12.1 Å². The van der Waals surface area contributed by atoms with Crippen LogP contribution in [0.2, 0.25) is 0 Å². The van der Waals surface area contributed by atoms with Gasteiger partial charge in [-0.25, -0.2) is 0 Å². The number of halogens is 3. The number of carbonyl (C=O) groups excluding carboxylic acids is 1. The highest BCUT2D eigenvalue weighted by Gasteiger charge is 2.46. The fraction of sp³-hybridized carbons (Fsp3) is 0.500. The first-order valence-electron chi connectivity index (χ1n) is 13.9. The Balaban J connectivity index is 1.18. The molecule has 3 aromatic rings. The third-order valence-corrected chi connectivity index (χ3v) is 9.34. The molecular formula is C30H32F3N5O2. The first-order chi connectivity index (χ1) is 19.1. The van der Waals surface area contributed by atoms with Crippen LogP contribution in [0.15, 0.2) is 42.7 Å². The summed E-state index contributed by atoms with van der Waals surface area (Å²) in [5, 5.41) is 8.20. The predicted octanol–water partition coefficient (Wildman–Crippen LogP) is 4.88. The van der Waals surface area contributed by atoms with Crippen LogP contribution in [0.5, 0.6) is 0 Å². The second-order valence-corrected chi connectivity index (χ2v) is 12.2. The van der Waals surface area contributed by atoms with Crippen LogP contribution in [0, 0.1) is 5.41 Å². The lowest BCUT2D eigenvalue weighted by Crippen LogP contribution is -2.49. The van der Waals surface area contributed by atoms with Crippen molar-refractivity contribution in [2.75, 3.05) is 31.2 Å². The molecule has 7 nitrogen and oxygen atoms in total. The summed E-state index contributed by atoms with van der Waals surface area (Å²) < 4.78 is 50.4. The topological polar surface area (TPSA) is 63.5 Å². The Morgan fingerprint density at radius 3 is 2.60 bits per heavy atom. The number of fused-ring (bicyclic) bond motifs is 1. The Morgan fingerprint density at radius 2 is 1.93 bits per heavy atom. The van der Waals surface area contributed by atoms with Gasteiger partial charge in [0.15, 0.2) is 0 Å². The first-order valence-corrected chi connectivity index (χ1v) is 13.9. The van der Waals surface area contributed by atoms with Gasteiger partial charge >= 0.3 is 6.18 Å². The third-order valence-electron chi connectivity index (χ3n) is 9.34. The zero-order valence-electron chi connectivity index (χ0n) is 22.5. The lowest BCUT2D eigenvalue weighted by molar-refractivity contribution is -0.138. The second kappa shape index (κ2) is 9.14. The van der Waals surface area contributed by atoms with Crippen molar-refractivity contribution in [1.29, 1.82) is 0 Å². The van der Waals surface area contributed by atoms with Crippen LogP contribution in [-0.4, -0.2) is 51.9 Å². The molecule has 1 aromatic heterocycles. The van der Waals surface area contributed by atoms with Gasteiger partial charge in [0.25, 0.3) is 5.91 Å². The van der Waals surface area contributed by atoms with E-state index in [2.05, 4.69) is 15.1 Å². The SMILES string of the molecule is Cn1cnnc1CC1(c2cccc(N3Cc4c(cc(CN5CCCC6(CC6)C5)cc4C(F)(F)F)C3=O)c2)COC1. The Morgan fingerprint density at radius 1 is 1.10 bits per heavy atom. The number of benzene rings is 2. The molecule has 1 amide bonds. The highest BCUT2D eigenvalue weighted by molar-refractivity contribution is 6.10. The summed E-state index contributed by atoms with van der Waals surface area (Å²) in [5.74, 6) is 0.436. The Labute approximate surface area is 230 Å². The molecule has 210 valence electrons. The monoisotopic (exact) mass is 551 g/mol. The van der Waals surface area contributed by atoms with Crippen molar-refractivity contribution < 1.29 is 22.7 Å². The smallest absolute Gasteiger partial charge is 0.379 e. The van der Waals surface area contributed by atoms with Gasteiger partial charge in [0.05, 0.1) is 25.3 Å². The lowest BCUT2D eigenvalue weighted by atomic mass is 9.75. The number of hydrogen-bond donors (Lipinski definition) is 0. The van der Waals surface area contributed by atoms with Gasteiger partial charge in [0, 0.05) is 43.2 Å². The van der Waals surface area contributed by atoms with Gasteiger partial charge in [-0.3, -0.25) is 9.69 Å². The molecule has 2 aromatic carbocycles. The number of rotatable bonds is 6. The van der Waals surface area contributed by atoms with Gasteiger partial charge in [-0.15, -0.1) is 10.2 Å². The molecule has 3 aliphatic heterocycles. The van der Waals surface area contributed by atoms with Crippen molar-refractivity contribution >= 4 is 11.6 Å². The largest absolute Gasteiger partial charge is 0.416 e. The zero-order chi connectivity index (χ0) is 27.7. The number of ether oxygens (including phenoxy) is 1. The number of likely N-dealkylation sites (tertiary alicyclic amines) is 1. The fourth-order valence-electron chi connectivity index (χ4n) is 6.80. The van der Waals surface area contributed by atoms with Gasteiger partial charge in [0.2, 0.25) is 0 Å². The highest BCUT2D eigenvalue weighted by atomic mass is 19.4. The molecule has 40 heavy (non-hydrogen) atoms. The molecule has 4 heterocycles. The van der Waals surface area contributed by atoms with Crippen LogP contribution in [0.3, 0.4) is 0 Å². The van der Waals surface area contributed by atoms with E-state index < -0.39 is 11.7 Å². The van der Waals surface area contributed by atoms with Crippen LogP contribution in [0.25, 0.3) is 0 Å². The number of alkyl halides is 3. The standard InChI is InChI=1S/C30H32F3N5O2/c1-36-19-34-35-26(36)13-29(17-40-18-29)21-4-2-5-22(12-21)38-15-24-23(27(38)39)10-20(11-25(24)30(31,32)33)14-37-9-3-6-28(16-37)7-8-28/h2,4-5,10-12,19H,3,6-9,13-18H2,1H3. The Kier molecular flexibility index (Phi) is 5.87. The van der Waals surface area contributed by atoms with E-state index in [1.807, 2.05) is 29.8 Å². The second-order valence-electron chi connectivity index (χ2n) is 12.2. The van der Waals surface area contributed by atoms with E-state index in [1.54, 1.807) is 18.5 Å². The van der Waals surface area contributed by atoms with Crippen molar-refractivity contribution in [3.05, 3.63) is 76.4 Å². The van der Waals surface area contributed by atoms with E-state index in [-0.39, 0.29) is 29.0 Å². The number of aromatic nitrogens is 3. The van der Waals surface area contributed by atoms with E-state index in [0.717, 1.165) is 30.9 Å². The molecule has 2 saturated heterocycles. The summed E-state index contributed by atoms with van der Waals surface area (Å²) in [5.41, 5.74) is 1.68. The minimum atomic E-state index is -4.54. The number of aryl methyl sites for hydroxylation is 1. The minimum absolute atomic E-state index is 0.0599. The summed E-state index contributed by atoms with van der Waals surface area (Å²) in [4.78, 5) is 17.4. The first kappa shape index (κ1) is 25.7. The zero-order valence-corrected chi connectivity index (χ0v) is 22.5. The molecule has 7 rings (SSSR count). The van der Waals surface area contributed by atoms with Crippen LogP contribution in [-0.2, 0) is 42.9 Å². The number of amides is 1. The summed E-state index contributed by atoms with van der Waals surface area (Å²) >= 11 is 0. The molecule has 1 saturated carbocycles. The Hall–Kier alpha value is -3.24. The van der Waals surface area contributed by atoms with E-state index >= 15 is 0 Å². The summed E-state index contributed by atoms with van der Waals surface area (Å²) in [6, 6.07) is 10.5. The molecule has 0 bridgehead atoms. The number of piperidine rings is 1. The third kappa shape index (κ3) is 4.41. The molecule has 0 N–H and O–H groups in total. The highest BCUT2D eigenvalue weighted by Crippen LogP contribution is 2.52. The normalized spacial score (nSPS) is 21.5. The van der Waals surface area contributed by atoms with Crippen LogP contribution in [0.4, 0.5) is 18.9 Å². The van der Waals surface area contributed by atoms with E-state index in [9.17, 15) is 18.0 Å². The van der Waals surface area contributed by atoms with Crippen LogP contribution in [0.1, 0.15) is 64.1 Å². The molecular weight excluding hydrogens is 519 g/mol. The van der Waals surface area contributed by atoms with E-state index in [4.69, 9.17) is 4.74 Å².